The molecule has 0 bridgehead atoms. The Bertz CT molecular complexity index is 935. The molecule has 23 heavy (non-hydrogen) atoms. The van der Waals surface area contributed by atoms with Crippen molar-refractivity contribution >= 4 is 28.8 Å². The van der Waals surface area contributed by atoms with Gasteiger partial charge in [0, 0.05) is 22.7 Å². The predicted molar refractivity (Wildman–Crippen MR) is 87.1 cm³/mol. The SMILES string of the molecule is N#Cc1ccccc1NC(=O)Cn1cc(C=O)c2ccccc21. The number of amides is 1. The molecule has 0 aliphatic rings. The van der Waals surface area contributed by atoms with E-state index in [2.05, 4.69) is 5.32 Å². The Hall–Kier alpha value is -3.39. The van der Waals surface area contributed by atoms with Crippen LogP contribution in [0, 0.1) is 11.3 Å². The third-order valence-corrected chi connectivity index (χ3v) is 3.58. The van der Waals surface area contributed by atoms with E-state index in [1.54, 1.807) is 35.0 Å². The monoisotopic (exact) mass is 303 g/mol. The van der Waals surface area contributed by atoms with Gasteiger partial charge in [-0.1, -0.05) is 30.3 Å². The normalized spacial score (nSPS) is 10.2. The molecule has 1 aromatic heterocycles. The molecule has 0 saturated carbocycles. The number of hydrogen-bond acceptors (Lipinski definition) is 3. The second-order valence-corrected chi connectivity index (χ2v) is 5.05. The second kappa shape index (κ2) is 6.16. The van der Waals surface area contributed by atoms with Crippen molar-refractivity contribution < 1.29 is 9.59 Å². The molecule has 0 saturated heterocycles. The van der Waals surface area contributed by atoms with Crippen molar-refractivity contribution in [2.24, 2.45) is 0 Å². The number of fused-ring (bicyclic) bond motifs is 1. The molecule has 0 fully saturated rings. The number of benzene rings is 2. The van der Waals surface area contributed by atoms with E-state index in [9.17, 15) is 9.59 Å². The molecular formula is C18H13N3O2. The van der Waals surface area contributed by atoms with E-state index in [1.165, 1.54) is 0 Å². The number of aromatic nitrogens is 1. The van der Waals surface area contributed by atoms with Crippen molar-refractivity contribution in [2.45, 2.75) is 6.54 Å². The Morgan fingerprint density at radius 1 is 1.17 bits per heavy atom. The van der Waals surface area contributed by atoms with Crippen LogP contribution in [-0.2, 0) is 11.3 Å². The maximum Gasteiger partial charge on any atom is 0.244 e. The van der Waals surface area contributed by atoms with Gasteiger partial charge in [-0.25, -0.2) is 0 Å². The molecule has 5 nitrogen and oxygen atoms in total. The topological polar surface area (TPSA) is 74.9 Å². The lowest BCUT2D eigenvalue weighted by Crippen LogP contribution is -2.18. The summed E-state index contributed by atoms with van der Waals surface area (Å²) in [6.45, 7) is 0.0636. The van der Waals surface area contributed by atoms with Crippen molar-refractivity contribution in [1.82, 2.24) is 4.57 Å². The Balaban J connectivity index is 1.86. The summed E-state index contributed by atoms with van der Waals surface area (Å²) in [6.07, 6.45) is 2.44. The number of carbonyl (C=O) groups excluding carboxylic acids is 2. The van der Waals surface area contributed by atoms with Crippen molar-refractivity contribution in [3.8, 4) is 6.07 Å². The molecule has 0 radical (unpaired) electrons. The van der Waals surface area contributed by atoms with Crippen LogP contribution >= 0.6 is 0 Å². The molecule has 0 aliphatic heterocycles. The van der Waals surface area contributed by atoms with Crippen LogP contribution in [0.4, 0.5) is 5.69 Å². The molecule has 2 aromatic carbocycles. The Morgan fingerprint density at radius 3 is 2.70 bits per heavy atom. The number of nitrogens with one attached hydrogen (secondary N) is 1. The van der Waals surface area contributed by atoms with Crippen molar-refractivity contribution in [2.75, 3.05) is 5.32 Å². The van der Waals surface area contributed by atoms with Gasteiger partial charge in [-0.05, 0) is 18.2 Å². The molecule has 1 heterocycles. The highest BCUT2D eigenvalue weighted by molar-refractivity contribution is 5.99. The molecule has 0 aliphatic carbocycles. The van der Waals surface area contributed by atoms with Crippen LogP contribution in [0.25, 0.3) is 10.9 Å². The Kier molecular flexibility index (Phi) is 3.89. The van der Waals surface area contributed by atoms with Crippen LogP contribution in [0.3, 0.4) is 0 Å². The number of hydrogen-bond donors (Lipinski definition) is 1. The second-order valence-electron chi connectivity index (χ2n) is 5.05. The molecule has 3 aromatic rings. The third-order valence-electron chi connectivity index (χ3n) is 3.58. The Morgan fingerprint density at radius 2 is 1.91 bits per heavy atom. The first-order chi connectivity index (χ1) is 11.2. The van der Waals surface area contributed by atoms with E-state index in [-0.39, 0.29) is 12.5 Å². The van der Waals surface area contributed by atoms with Crippen LogP contribution in [0.15, 0.2) is 54.7 Å². The summed E-state index contributed by atoms with van der Waals surface area (Å²) in [6, 6.07) is 16.3. The van der Waals surface area contributed by atoms with E-state index >= 15 is 0 Å². The molecule has 1 N–H and O–H groups in total. The van der Waals surface area contributed by atoms with E-state index in [0.717, 1.165) is 17.2 Å². The van der Waals surface area contributed by atoms with E-state index < -0.39 is 0 Å². The zero-order valence-corrected chi connectivity index (χ0v) is 12.2. The van der Waals surface area contributed by atoms with Gasteiger partial charge in [0.2, 0.25) is 5.91 Å². The fraction of sp³-hybridized carbons (Fsp3) is 0.0556. The average Bonchev–Trinajstić information content (AvgIpc) is 2.93. The Labute approximate surface area is 132 Å². The summed E-state index contributed by atoms with van der Waals surface area (Å²) in [5.74, 6) is -0.258. The highest BCUT2D eigenvalue weighted by Crippen LogP contribution is 2.20. The summed E-state index contributed by atoms with van der Waals surface area (Å²) >= 11 is 0. The quantitative estimate of drug-likeness (QED) is 0.753. The van der Waals surface area contributed by atoms with Crippen molar-refractivity contribution in [1.29, 1.82) is 5.26 Å². The van der Waals surface area contributed by atoms with Crippen LogP contribution in [0.1, 0.15) is 15.9 Å². The van der Waals surface area contributed by atoms with Gasteiger partial charge in [0.15, 0.2) is 6.29 Å². The third kappa shape index (κ3) is 2.83. The molecule has 0 spiro atoms. The fourth-order valence-corrected chi connectivity index (χ4v) is 2.53. The summed E-state index contributed by atoms with van der Waals surface area (Å²) < 4.78 is 1.73. The van der Waals surface area contributed by atoms with Crippen LogP contribution in [0.5, 0.6) is 0 Å². The van der Waals surface area contributed by atoms with Gasteiger partial charge in [-0.3, -0.25) is 9.59 Å². The van der Waals surface area contributed by atoms with E-state index in [4.69, 9.17) is 5.26 Å². The van der Waals surface area contributed by atoms with Gasteiger partial charge < -0.3 is 9.88 Å². The maximum atomic E-state index is 12.3. The van der Waals surface area contributed by atoms with Crippen molar-refractivity contribution in [3.63, 3.8) is 0 Å². The summed E-state index contributed by atoms with van der Waals surface area (Å²) in [5, 5.41) is 12.6. The molecular weight excluding hydrogens is 290 g/mol. The average molecular weight is 303 g/mol. The standard InChI is InChI=1S/C18H13N3O2/c19-9-13-5-1-3-7-16(13)20-18(23)11-21-10-14(12-22)15-6-2-4-8-17(15)21/h1-8,10,12H,11H2,(H,20,23). The minimum absolute atomic E-state index is 0.0636. The van der Waals surface area contributed by atoms with E-state index in [0.29, 0.717) is 16.8 Å². The van der Waals surface area contributed by atoms with Gasteiger partial charge in [0.05, 0.1) is 11.3 Å². The van der Waals surface area contributed by atoms with Crippen LogP contribution in [0.2, 0.25) is 0 Å². The molecule has 0 atom stereocenters. The number of aldehydes is 1. The zero-order valence-electron chi connectivity index (χ0n) is 12.2. The molecule has 3 rings (SSSR count). The largest absolute Gasteiger partial charge is 0.337 e. The van der Waals surface area contributed by atoms with Gasteiger partial charge in [0.1, 0.15) is 12.6 Å². The number of nitrogens with zero attached hydrogens (tertiary/aromatic N) is 2. The minimum atomic E-state index is -0.258. The molecule has 1 amide bonds. The van der Waals surface area contributed by atoms with Gasteiger partial charge >= 0.3 is 0 Å². The number of para-hydroxylation sites is 2. The number of nitriles is 1. The fourth-order valence-electron chi connectivity index (χ4n) is 2.53. The van der Waals surface area contributed by atoms with Crippen LogP contribution in [-0.4, -0.2) is 16.8 Å². The summed E-state index contributed by atoms with van der Waals surface area (Å²) in [4.78, 5) is 23.4. The van der Waals surface area contributed by atoms with Gasteiger partial charge in [0.25, 0.3) is 0 Å². The molecule has 112 valence electrons. The lowest BCUT2D eigenvalue weighted by Gasteiger charge is -2.08. The van der Waals surface area contributed by atoms with Gasteiger partial charge in [-0.15, -0.1) is 0 Å². The smallest absolute Gasteiger partial charge is 0.244 e. The highest BCUT2D eigenvalue weighted by Gasteiger charge is 2.11. The lowest BCUT2D eigenvalue weighted by molar-refractivity contribution is -0.116. The first kappa shape index (κ1) is 14.5. The first-order valence-corrected chi connectivity index (χ1v) is 7.05. The maximum absolute atomic E-state index is 12.3. The summed E-state index contributed by atoms with van der Waals surface area (Å²) in [5.41, 5.74) is 2.25. The predicted octanol–water partition coefficient (Wildman–Crippen LogP) is 2.96. The molecule has 0 unspecified atom stereocenters. The lowest BCUT2D eigenvalue weighted by atomic mass is 10.2. The first-order valence-electron chi connectivity index (χ1n) is 7.05. The number of carbonyl (C=O) groups is 2. The van der Waals surface area contributed by atoms with E-state index in [1.807, 2.05) is 30.3 Å². The van der Waals surface area contributed by atoms with Crippen molar-refractivity contribution in [3.05, 3.63) is 65.9 Å². The zero-order chi connectivity index (χ0) is 16.2. The molecule has 5 heteroatoms. The number of anilines is 1. The van der Waals surface area contributed by atoms with Crippen LogP contribution < -0.4 is 5.32 Å². The minimum Gasteiger partial charge on any atom is -0.337 e. The van der Waals surface area contributed by atoms with Gasteiger partial charge in [-0.2, -0.15) is 5.26 Å². The number of rotatable bonds is 4. The highest BCUT2D eigenvalue weighted by atomic mass is 16.2. The summed E-state index contributed by atoms with van der Waals surface area (Å²) in [7, 11) is 0.